The van der Waals surface area contributed by atoms with Crippen LogP contribution in [0.25, 0.3) is 0 Å². The number of nitrogens with one attached hydrogen (secondary N) is 1. The molecule has 1 saturated heterocycles. The predicted octanol–water partition coefficient (Wildman–Crippen LogP) is 1.80. The van der Waals surface area contributed by atoms with Crippen molar-refractivity contribution >= 4 is 11.9 Å². The fourth-order valence-electron chi connectivity index (χ4n) is 4.18. The first-order valence-corrected chi connectivity index (χ1v) is 9.42. The summed E-state index contributed by atoms with van der Waals surface area (Å²) in [6.45, 7) is 1.65. The quantitative estimate of drug-likeness (QED) is 0.842. The number of carbonyl (C=O) groups excluding carboxylic acids is 1. The Morgan fingerprint density at radius 1 is 1.18 bits per heavy atom. The maximum atomic E-state index is 13.2. The number of anilines is 1. The van der Waals surface area contributed by atoms with Gasteiger partial charge in [-0.05, 0) is 22.6 Å². The van der Waals surface area contributed by atoms with Crippen LogP contribution >= 0.6 is 0 Å². The molecule has 1 aromatic heterocycles. The number of amides is 1. The third-order valence-electron chi connectivity index (χ3n) is 5.88. The van der Waals surface area contributed by atoms with E-state index in [0.717, 1.165) is 0 Å². The minimum absolute atomic E-state index is 0.134. The molecule has 8 nitrogen and oxygen atoms in total. The van der Waals surface area contributed by atoms with Crippen molar-refractivity contribution < 1.29 is 18.3 Å². The molecule has 1 aromatic carbocycles. The van der Waals surface area contributed by atoms with Gasteiger partial charge in [0.1, 0.15) is 11.4 Å². The highest BCUT2D eigenvalue weighted by Crippen LogP contribution is 2.46. The fraction of sp³-hybridized carbons (Fsp3) is 0.556. The molecule has 2 fully saturated rings. The number of para-hydroxylation sites is 1. The molecule has 28 heavy (non-hydrogen) atoms. The average Bonchev–Trinajstić information content (AvgIpc) is 3.10. The van der Waals surface area contributed by atoms with Crippen LogP contribution in [0.1, 0.15) is 42.1 Å². The van der Waals surface area contributed by atoms with Gasteiger partial charge in [0.2, 0.25) is 5.95 Å². The number of ether oxygens (including phenoxy) is 1. The number of carbonyl (C=O) groups is 1. The van der Waals surface area contributed by atoms with Crippen molar-refractivity contribution in [1.82, 2.24) is 25.5 Å². The van der Waals surface area contributed by atoms with Gasteiger partial charge >= 0.3 is 0 Å². The zero-order valence-electron chi connectivity index (χ0n) is 15.1. The summed E-state index contributed by atoms with van der Waals surface area (Å²) < 4.78 is 34.3. The zero-order valence-corrected chi connectivity index (χ0v) is 15.1. The number of piperidine rings is 1. The van der Waals surface area contributed by atoms with Crippen LogP contribution in [-0.2, 0) is 0 Å². The lowest BCUT2D eigenvalue weighted by Crippen LogP contribution is -2.54. The van der Waals surface area contributed by atoms with Crippen molar-refractivity contribution in [2.75, 3.05) is 24.5 Å². The lowest BCUT2D eigenvalue weighted by atomic mass is 9.88. The monoisotopic (exact) mass is 390 g/mol. The van der Waals surface area contributed by atoms with Gasteiger partial charge in [-0.2, -0.15) is 0 Å². The summed E-state index contributed by atoms with van der Waals surface area (Å²) in [4.78, 5) is 14.3. The third-order valence-corrected chi connectivity index (χ3v) is 5.88. The lowest BCUT2D eigenvalue weighted by molar-refractivity contribution is -0.106. The molecule has 2 aromatic rings. The Balaban J connectivity index is 1.31. The summed E-state index contributed by atoms with van der Waals surface area (Å²) in [6.07, 6.45) is 0.869. The first-order valence-electron chi connectivity index (χ1n) is 9.42. The van der Waals surface area contributed by atoms with E-state index >= 15 is 0 Å². The number of halogens is 2. The fourth-order valence-corrected chi connectivity index (χ4v) is 4.18. The van der Waals surface area contributed by atoms with E-state index < -0.39 is 11.5 Å². The Morgan fingerprint density at radius 2 is 1.93 bits per heavy atom. The van der Waals surface area contributed by atoms with Crippen LogP contribution in [0.2, 0.25) is 0 Å². The molecule has 10 heteroatoms. The Morgan fingerprint density at radius 3 is 2.68 bits per heavy atom. The minimum atomic E-state index is -2.63. The highest BCUT2D eigenvalue weighted by Gasteiger charge is 2.48. The first-order chi connectivity index (χ1) is 13.4. The van der Waals surface area contributed by atoms with Crippen molar-refractivity contribution in [3.63, 3.8) is 0 Å². The maximum absolute atomic E-state index is 13.2. The highest BCUT2D eigenvalue weighted by atomic mass is 19.3. The number of fused-ring (bicyclic) bond motifs is 1. The van der Waals surface area contributed by atoms with Gasteiger partial charge in [0.05, 0.1) is 18.2 Å². The molecule has 5 rings (SSSR count). The number of hydrogen-bond acceptors (Lipinski definition) is 6. The van der Waals surface area contributed by atoms with Gasteiger partial charge in [0.15, 0.2) is 0 Å². The second-order valence-electron chi connectivity index (χ2n) is 7.79. The maximum Gasteiger partial charge on any atom is 0.255 e. The smallest absolute Gasteiger partial charge is 0.255 e. The summed E-state index contributed by atoms with van der Waals surface area (Å²) in [5.41, 5.74) is 0.0391. The largest absolute Gasteiger partial charge is 0.484 e. The van der Waals surface area contributed by atoms with Crippen LogP contribution in [0.5, 0.6) is 5.75 Å². The minimum Gasteiger partial charge on any atom is -0.484 e. The van der Waals surface area contributed by atoms with E-state index in [1.54, 1.807) is 6.07 Å². The molecule has 1 saturated carbocycles. The molecule has 148 valence electrons. The molecule has 0 radical (unpaired) electrons. The van der Waals surface area contributed by atoms with Crippen LogP contribution < -0.4 is 15.0 Å². The van der Waals surface area contributed by atoms with E-state index in [1.807, 2.05) is 23.1 Å². The second kappa shape index (κ2) is 6.11. The average molecular weight is 390 g/mol. The Bertz CT molecular complexity index is 901. The molecule has 2 aliphatic heterocycles. The lowest BCUT2D eigenvalue weighted by Gasteiger charge is -2.42. The van der Waals surface area contributed by atoms with Crippen molar-refractivity contribution in [3.8, 4) is 5.75 Å². The topological polar surface area (TPSA) is 85.2 Å². The number of alkyl halides is 2. The van der Waals surface area contributed by atoms with Gasteiger partial charge in [-0.25, -0.2) is 13.5 Å². The van der Waals surface area contributed by atoms with E-state index in [1.165, 1.54) is 4.68 Å². The van der Waals surface area contributed by atoms with Crippen LogP contribution in [0.15, 0.2) is 24.3 Å². The van der Waals surface area contributed by atoms with E-state index in [0.29, 0.717) is 49.7 Å². The molecule has 0 atom stereocenters. The van der Waals surface area contributed by atoms with Crippen LogP contribution in [0, 0.1) is 0 Å². The number of tetrazole rings is 1. The zero-order chi connectivity index (χ0) is 19.4. The molecule has 1 spiro atoms. The molecule has 0 unspecified atom stereocenters. The van der Waals surface area contributed by atoms with Crippen LogP contribution in [-0.4, -0.2) is 57.3 Å². The molecule has 1 aliphatic carbocycles. The van der Waals surface area contributed by atoms with Gasteiger partial charge in [-0.15, -0.1) is 0 Å². The molecular weight excluding hydrogens is 370 g/mol. The van der Waals surface area contributed by atoms with Crippen molar-refractivity contribution in [3.05, 3.63) is 29.8 Å². The van der Waals surface area contributed by atoms with E-state index in [4.69, 9.17) is 4.74 Å². The normalized spacial score (nSPS) is 23.4. The Labute approximate surface area is 159 Å². The van der Waals surface area contributed by atoms with Gasteiger partial charge < -0.3 is 15.0 Å². The Hall–Kier alpha value is -2.78. The molecule has 1 amide bonds. The van der Waals surface area contributed by atoms with E-state index in [2.05, 4.69) is 20.8 Å². The molecular formula is C18H20F2N6O2. The number of rotatable bonds is 2. The number of benzene rings is 1. The summed E-state index contributed by atoms with van der Waals surface area (Å²) in [7, 11) is 0. The summed E-state index contributed by atoms with van der Waals surface area (Å²) >= 11 is 0. The first kappa shape index (κ1) is 17.3. The van der Waals surface area contributed by atoms with Crippen molar-refractivity contribution in [2.45, 2.75) is 43.2 Å². The predicted molar refractivity (Wildman–Crippen MR) is 94.6 cm³/mol. The molecule has 0 bridgehead atoms. The van der Waals surface area contributed by atoms with Crippen LogP contribution in [0.4, 0.5) is 14.7 Å². The second-order valence-corrected chi connectivity index (χ2v) is 7.79. The summed E-state index contributed by atoms with van der Waals surface area (Å²) in [5, 5.41) is 14.6. The summed E-state index contributed by atoms with van der Waals surface area (Å²) in [5.74, 6) is -1.65. The van der Waals surface area contributed by atoms with Gasteiger partial charge in [-0.3, -0.25) is 4.79 Å². The van der Waals surface area contributed by atoms with Crippen LogP contribution in [0.3, 0.4) is 0 Å². The molecule has 1 N–H and O–H groups in total. The Kier molecular flexibility index (Phi) is 3.78. The number of hydrogen-bond donors (Lipinski definition) is 1. The van der Waals surface area contributed by atoms with E-state index in [-0.39, 0.29) is 24.8 Å². The number of aromatic nitrogens is 4. The van der Waals surface area contributed by atoms with Gasteiger partial charge in [-0.1, -0.05) is 17.2 Å². The molecule has 3 heterocycles. The van der Waals surface area contributed by atoms with Crippen molar-refractivity contribution in [2.24, 2.45) is 0 Å². The SMILES string of the molecule is O=C1NCC2(CCN(c3nnnn3C3CC(F)(F)C3)CC2)Oc2ccccc21. The highest BCUT2D eigenvalue weighted by molar-refractivity contribution is 5.97. The van der Waals surface area contributed by atoms with Gasteiger partial charge in [0.25, 0.3) is 11.8 Å². The van der Waals surface area contributed by atoms with Crippen molar-refractivity contribution in [1.29, 1.82) is 0 Å². The number of nitrogens with zero attached hydrogens (tertiary/aromatic N) is 5. The summed E-state index contributed by atoms with van der Waals surface area (Å²) in [6, 6.07) is 6.86. The van der Waals surface area contributed by atoms with Gasteiger partial charge in [0, 0.05) is 38.8 Å². The third kappa shape index (κ3) is 2.87. The molecule has 3 aliphatic rings. The van der Waals surface area contributed by atoms with E-state index in [9.17, 15) is 13.6 Å². The standard InChI is InChI=1S/C18H20F2N6O2/c19-18(20)9-12(10-18)26-16(22-23-24-26)25-7-5-17(6-8-25)11-21-15(27)13-3-1-2-4-14(13)28-17/h1-4,12H,5-11H2,(H,21,27).